The van der Waals surface area contributed by atoms with Gasteiger partial charge in [-0.25, -0.2) is 14.3 Å². The van der Waals surface area contributed by atoms with Crippen molar-refractivity contribution in [1.82, 2.24) is 19.5 Å². The standard InChI is InChI=1S/C19H24N4O4/c1-19(2,3)27-18(25)23-14-6-12(7-15(23)11-26-10-14)17(24)13-8-20-16-4-5-21-22(16)9-13/h4-5,8-9,12,14-15H,6-7,10-11H2,1-3H3. The quantitative estimate of drug-likeness (QED) is 0.752. The van der Waals surface area contributed by atoms with Crippen LogP contribution in [0.2, 0.25) is 0 Å². The SMILES string of the molecule is CC(C)(C)OC(=O)N1C2COCC1CC(C(=O)c1cnc3ccnn3c1)C2. The van der Waals surface area contributed by atoms with Crippen molar-refractivity contribution in [2.75, 3.05) is 13.2 Å². The first-order valence-electron chi connectivity index (χ1n) is 9.24. The average Bonchev–Trinajstić information content (AvgIpc) is 3.06. The maximum absolute atomic E-state index is 13.0. The summed E-state index contributed by atoms with van der Waals surface area (Å²) in [5.74, 6) is -0.127. The normalized spacial score (nSPS) is 25.4. The van der Waals surface area contributed by atoms with Crippen LogP contribution in [0.3, 0.4) is 0 Å². The van der Waals surface area contributed by atoms with Crippen LogP contribution in [0.5, 0.6) is 0 Å². The van der Waals surface area contributed by atoms with Crippen LogP contribution in [-0.4, -0.2) is 62.3 Å². The Balaban J connectivity index is 1.52. The van der Waals surface area contributed by atoms with Crippen molar-refractivity contribution in [3.8, 4) is 0 Å². The van der Waals surface area contributed by atoms with E-state index in [2.05, 4.69) is 10.1 Å². The largest absolute Gasteiger partial charge is 0.444 e. The Morgan fingerprint density at radius 1 is 1.22 bits per heavy atom. The van der Waals surface area contributed by atoms with Crippen LogP contribution >= 0.6 is 0 Å². The fourth-order valence-electron chi connectivity index (χ4n) is 3.91. The molecule has 2 aromatic rings. The van der Waals surface area contributed by atoms with E-state index in [1.54, 1.807) is 34.1 Å². The number of Topliss-reactive ketones (excluding diaryl/α,β-unsaturated/α-hetero) is 1. The van der Waals surface area contributed by atoms with Gasteiger partial charge in [-0.3, -0.25) is 9.69 Å². The van der Waals surface area contributed by atoms with Crippen molar-refractivity contribution in [3.05, 3.63) is 30.2 Å². The first kappa shape index (κ1) is 17.9. The Kier molecular flexibility index (Phi) is 4.38. The van der Waals surface area contributed by atoms with Gasteiger partial charge in [0.05, 0.1) is 37.1 Å². The molecule has 1 amide bonds. The number of carbonyl (C=O) groups is 2. The molecule has 144 valence electrons. The van der Waals surface area contributed by atoms with E-state index in [0.29, 0.717) is 37.3 Å². The molecular formula is C19H24N4O4. The summed E-state index contributed by atoms with van der Waals surface area (Å²) in [6, 6.07) is 1.49. The van der Waals surface area contributed by atoms with Gasteiger partial charge < -0.3 is 9.47 Å². The van der Waals surface area contributed by atoms with Gasteiger partial charge >= 0.3 is 6.09 Å². The molecule has 27 heavy (non-hydrogen) atoms. The molecule has 4 rings (SSSR count). The molecule has 2 unspecified atom stereocenters. The van der Waals surface area contributed by atoms with Crippen LogP contribution < -0.4 is 0 Å². The fourth-order valence-corrected chi connectivity index (χ4v) is 3.91. The first-order valence-corrected chi connectivity index (χ1v) is 9.24. The highest BCUT2D eigenvalue weighted by Crippen LogP contribution is 2.34. The number of rotatable bonds is 2. The number of nitrogens with zero attached hydrogens (tertiary/aromatic N) is 4. The lowest BCUT2D eigenvalue weighted by atomic mass is 9.81. The Hall–Kier alpha value is -2.48. The van der Waals surface area contributed by atoms with Crippen molar-refractivity contribution in [2.24, 2.45) is 5.92 Å². The maximum atomic E-state index is 13.0. The highest BCUT2D eigenvalue weighted by molar-refractivity contribution is 5.97. The smallest absolute Gasteiger partial charge is 0.410 e. The van der Waals surface area contributed by atoms with E-state index in [9.17, 15) is 9.59 Å². The molecule has 2 fully saturated rings. The van der Waals surface area contributed by atoms with Crippen LogP contribution in [0, 0.1) is 5.92 Å². The minimum atomic E-state index is -0.552. The molecule has 2 saturated heterocycles. The van der Waals surface area contributed by atoms with Gasteiger partial charge in [-0.05, 0) is 33.6 Å². The predicted octanol–water partition coefficient (Wildman–Crippen LogP) is 2.33. The predicted molar refractivity (Wildman–Crippen MR) is 96.5 cm³/mol. The van der Waals surface area contributed by atoms with Gasteiger partial charge in [0.15, 0.2) is 11.4 Å². The Morgan fingerprint density at radius 2 is 1.93 bits per heavy atom. The lowest BCUT2D eigenvalue weighted by Gasteiger charge is -2.47. The van der Waals surface area contributed by atoms with Crippen LogP contribution in [0.4, 0.5) is 4.79 Å². The number of morpholine rings is 1. The maximum Gasteiger partial charge on any atom is 0.410 e. The van der Waals surface area contributed by atoms with Gasteiger partial charge in [0.25, 0.3) is 0 Å². The topological polar surface area (TPSA) is 86.0 Å². The third-order valence-corrected chi connectivity index (χ3v) is 5.03. The van der Waals surface area contributed by atoms with Crippen molar-refractivity contribution >= 4 is 17.5 Å². The second kappa shape index (κ2) is 6.60. The molecule has 0 saturated carbocycles. The number of hydrogen-bond acceptors (Lipinski definition) is 6. The van der Waals surface area contributed by atoms with Gasteiger partial charge in [-0.15, -0.1) is 0 Å². The third kappa shape index (κ3) is 3.53. The van der Waals surface area contributed by atoms with E-state index in [4.69, 9.17) is 9.47 Å². The van der Waals surface area contributed by atoms with Gasteiger partial charge in [-0.2, -0.15) is 5.10 Å². The molecule has 0 N–H and O–H groups in total. The number of aromatic nitrogens is 3. The number of hydrogen-bond donors (Lipinski definition) is 0. The highest BCUT2D eigenvalue weighted by atomic mass is 16.6. The zero-order valence-electron chi connectivity index (χ0n) is 15.8. The van der Waals surface area contributed by atoms with E-state index in [-0.39, 0.29) is 29.9 Å². The second-order valence-electron chi connectivity index (χ2n) is 8.24. The summed E-state index contributed by atoms with van der Waals surface area (Å²) >= 11 is 0. The molecule has 2 bridgehead atoms. The van der Waals surface area contributed by atoms with E-state index in [1.807, 2.05) is 20.8 Å². The van der Waals surface area contributed by atoms with E-state index < -0.39 is 5.60 Å². The van der Waals surface area contributed by atoms with Crippen LogP contribution in [0.15, 0.2) is 24.7 Å². The summed E-state index contributed by atoms with van der Waals surface area (Å²) in [7, 11) is 0. The second-order valence-corrected chi connectivity index (χ2v) is 8.24. The first-order chi connectivity index (χ1) is 12.8. The molecule has 8 heteroatoms. The fraction of sp³-hybridized carbons (Fsp3) is 0.579. The highest BCUT2D eigenvalue weighted by Gasteiger charge is 2.45. The molecule has 2 aliphatic heterocycles. The molecule has 8 nitrogen and oxygen atoms in total. The van der Waals surface area contributed by atoms with E-state index in [0.717, 1.165) is 0 Å². The van der Waals surface area contributed by atoms with Crippen molar-refractivity contribution in [2.45, 2.75) is 51.3 Å². The minimum Gasteiger partial charge on any atom is -0.444 e. The Morgan fingerprint density at radius 3 is 2.59 bits per heavy atom. The zero-order valence-corrected chi connectivity index (χ0v) is 15.8. The van der Waals surface area contributed by atoms with Crippen molar-refractivity contribution in [3.63, 3.8) is 0 Å². The molecule has 4 heterocycles. The number of piperidine rings is 1. The number of carbonyl (C=O) groups excluding carboxylic acids is 2. The molecule has 0 aliphatic carbocycles. The summed E-state index contributed by atoms with van der Waals surface area (Å²) in [5.41, 5.74) is 0.696. The van der Waals surface area contributed by atoms with Gasteiger partial charge in [0.1, 0.15) is 5.60 Å². The zero-order chi connectivity index (χ0) is 19.2. The molecule has 0 aromatic carbocycles. The van der Waals surface area contributed by atoms with Crippen LogP contribution in [-0.2, 0) is 9.47 Å². The number of fused-ring (bicyclic) bond motifs is 3. The van der Waals surface area contributed by atoms with Gasteiger partial charge in [-0.1, -0.05) is 0 Å². The van der Waals surface area contributed by atoms with E-state index >= 15 is 0 Å². The minimum absolute atomic E-state index is 0.0423. The number of ketones is 1. The number of amides is 1. The van der Waals surface area contributed by atoms with E-state index in [1.165, 1.54) is 0 Å². The summed E-state index contributed by atoms with van der Waals surface area (Å²) in [4.78, 5) is 31.7. The van der Waals surface area contributed by atoms with Crippen LogP contribution in [0.1, 0.15) is 44.0 Å². The molecule has 2 aromatic heterocycles. The van der Waals surface area contributed by atoms with Crippen molar-refractivity contribution in [1.29, 1.82) is 0 Å². The lowest BCUT2D eigenvalue weighted by Crippen LogP contribution is -2.60. The third-order valence-electron chi connectivity index (χ3n) is 5.03. The Bertz CT molecular complexity index is 858. The van der Waals surface area contributed by atoms with Gasteiger partial charge in [0.2, 0.25) is 0 Å². The van der Waals surface area contributed by atoms with Crippen molar-refractivity contribution < 1.29 is 19.1 Å². The molecular weight excluding hydrogens is 348 g/mol. The molecule has 0 radical (unpaired) electrons. The lowest BCUT2D eigenvalue weighted by molar-refractivity contribution is -0.0861. The average molecular weight is 372 g/mol. The summed E-state index contributed by atoms with van der Waals surface area (Å²) < 4.78 is 12.8. The summed E-state index contributed by atoms with van der Waals surface area (Å²) in [6.07, 6.45) is 5.77. The molecule has 2 atom stereocenters. The summed E-state index contributed by atoms with van der Waals surface area (Å²) in [5, 5.41) is 4.15. The van der Waals surface area contributed by atoms with Crippen LogP contribution in [0.25, 0.3) is 5.65 Å². The summed E-state index contributed by atoms with van der Waals surface area (Å²) in [6.45, 7) is 6.41. The van der Waals surface area contributed by atoms with Gasteiger partial charge in [0, 0.05) is 24.4 Å². The monoisotopic (exact) mass is 372 g/mol. The molecule has 2 aliphatic rings. The Labute approximate surface area is 157 Å². The molecule has 0 spiro atoms. The number of ether oxygens (including phenoxy) is 2.